The minimum absolute atomic E-state index is 0.0822. The Morgan fingerprint density at radius 2 is 2.00 bits per heavy atom. The number of nitrogens with zero attached hydrogens (tertiary/aromatic N) is 2. The summed E-state index contributed by atoms with van der Waals surface area (Å²) < 4.78 is 0.692. The number of halogens is 1. The number of carbonyl (C=O) groups is 1. The third kappa shape index (κ3) is 4.62. The molecule has 0 radical (unpaired) electrons. The maximum atomic E-state index is 11.7. The number of rotatable bonds is 5. The maximum Gasteiger partial charge on any atom is 0.239 e. The first-order valence-corrected chi connectivity index (χ1v) is 6.98. The van der Waals surface area contributed by atoms with Crippen molar-refractivity contribution < 1.29 is 4.79 Å². The van der Waals surface area contributed by atoms with E-state index >= 15 is 0 Å². The van der Waals surface area contributed by atoms with Crippen molar-refractivity contribution in [1.82, 2.24) is 15.3 Å². The van der Waals surface area contributed by atoms with Crippen LogP contribution >= 0.6 is 15.9 Å². The van der Waals surface area contributed by atoms with Gasteiger partial charge in [0.2, 0.25) is 5.91 Å². The lowest BCUT2D eigenvalue weighted by molar-refractivity contribution is -0.119. The highest BCUT2D eigenvalue weighted by Crippen LogP contribution is 2.11. The fraction of sp³-hybridized carbons (Fsp3) is 0.214. The topological polar surface area (TPSA) is 66.9 Å². The molecule has 2 rings (SSSR count). The van der Waals surface area contributed by atoms with E-state index in [0.717, 1.165) is 5.56 Å². The van der Waals surface area contributed by atoms with Gasteiger partial charge in [-0.2, -0.15) is 0 Å². The second-order valence-corrected chi connectivity index (χ2v) is 5.05. The van der Waals surface area contributed by atoms with Crippen LogP contribution in [-0.4, -0.2) is 22.4 Å². The van der Waals surface area contributed by atoms with Gasteiger partial charge in [-0.05, 0) is 28.4 Å². The molecule has 1 heterocycles. The molecule has 2 N–H and O–H groups in total. The van der Waals surface area contributed by atoms with Gasteiger partial charge in [0.1, 0.15) is 16.2 Å². The second kappa shape index (κ2) is 7.00. The summed E-state index contributed by atoms with van der Waals surface area (Å²) in [5.41, 5.74) is 1.07. The Labute approximate surface area is 126 Å². The predicted octanol–water partition coefficient (Wildman–Crippen LogP) is 2.28. The van der Waals surface area contributed by atoms with Crippen LogP contribution in [0.15, 0.2) is 41.0 Å². The number of anilines is 1. The molecule has 0 bridgehead atoms. The average Bonchev–Trinajstić information content (AvgIpc) is 2.43. The summed E-state index contributed by atoms with van der Waals surface area (Å²) in [6.07, 6.45) is 0. The Morgan fingerprint density at radius 3 is 2.70 bits per heavy atom. The number of carbonyl (C=O) groups excluding carboxylic acids is 1. The van der Waals surface area contributed by atoms with Crippen LogP contribution in [0.5, 0.6) is 0 Å². The summed E-state index contributed by atoms with van der Waals surface area (Å²) in [5, 5.41) is 5.81. The number of aromatic nitrogens is 2. The smallest absolute Gasteiger partial charge is 0.239 e. The molecule has 104 valence electrons. The van der Waals surface area contributed by atoms with E-state index in [9.17, 15) is 4.79 Å². The lowest BCUT2D eigenvalue weighted by atomic mass is 10.2. The van der Waals surface area contributed by atoms with E-state index in [4.69, 9.17) is 0 Å². The fourth-order valence-corrected chi connectivity index (χ4v) is 2.13. The van der Waals surface area contributed by atoms with Crippen molar-refractivity contribution in [3.63, 3.8) is 0 Å². The molecule has 2 aromatic rings. The molecule has 6 heteroatoms. The highest BCUT2D eigenvalue weighted by Gasteiger charge is 2.03. The molecule has 0 saturated carbocycles. The van der Waals surface area contributed by atoms with Crippen molar-refractivity contribution in [3.8, 4) is 0 Å². The van der Waals surface area contributed by atoms with Gasteiger partial charge in [0, 0.05) is 12.6 Å². The van der Waals surface area contributed by atoms with Gasteiger partial charge in [-0.1, -0.05) is 30.3 Å². The highest BCUT2D eigenvalue weighted by atomic mass is 79.9. The molecule has 1 aromatic carbocycles. The maximum absolute atomic E-state index is 11.7. The fourth-order valence-electron chi connectivity index (χ4n) is 1.65. The van der Waals surface area contributed by atoms with E-state index in [2.05, 4.69) is 36.5 Å². The van der Waals surface area contributed by atoms with Gasteiger partial charge in [-0.3, -0.25) is 4.79 Å². The van der Waals surface area contributed by atoms with Gasteiger partial charge in [0.05, 0.1) is 6.54 Å². The first-order valence-electron chi connectivity index (χ1n) is 6.19. The number of nitrogens with one attached hydrogen (secondary N) is 2. The Hall–Kier alpha value is -1.95. The van der Waals surface area contributed by atoms with Crippen molar-refractivity contribution in [3.05, 3.63) is 52.4 Å². The number of benzene rings is 1. The van der Waals surface area contributed by atoms with E-state index in [1.54, 1.807) is 13.0 Å². The Morgan fingerprint density at radius 1 is 1.25 bits per heavy atom. The minimum Gasteiger partial charge on any atom is -0.361 e. The largest absolute Gasteiger partial charge is 0.361 e. The van der Waals surface area contributed by atoms with E-state index in [1.165, 1.54) is 0 Å². The van der Waals surface area contributed by atoms with Crippen LogP contribution in [0.2, 0.25) is 0 Å². The van der Waals surface area contributed by atoms with Crippen LogP contribution < -0.4 is 10.6 Å². The summed E-state index contributed by atoms with van der Waals surface area (Å²) in [7, 11) is 0. The summed E-state index contributed by atoms with van der Waals surface area (Å²) in [6.45, 7) is 2.50. The first-order chi connectivity index (χ1) is 9.63. The van der Waals surface area contributed by atoms with Crippen LogP contribution in [0.4, 0.5) is 5.82 Å². The third-order valence-corrected chi connectivity index (χ3v) is 2.98. The molecular weight excluding hydrogens is 320 g/mol. The monoisotopic (exact) mass is 334 g/mol. The summed E-state index contributed by atoms with van der Waals surface area (Å²) in [5.74, 6) is 1.19. The molecule has 0 aliphatic heterocycles. The molecule has 1 aromatic heterocycles. The summed E-state index contributed by atoms with van der Waals surface area (Å²) in [6, 6.07) is 11.5. The molecule has 0 atom stereocenters. The van der Waals surface area contributed by atoms with Gasteiger partial charge < -0.3 is 10.6 Å². The van der Waals surface area contributed by atoms with Gasteiger partial charge in [0.25, 0.3) is 0 Å². The molecule has 0 aliphatic rings. The van der Waals surface area contributed by atoms with E-state index in [1.807, 2.05) is 30.3 Å². The Balaban J connectivity index is 1.80. The van der Waals surface area contributed by atoms with E-state index in [-0.39, 0.29) is 12.5 Å². The number of hydrogen-bond acceptors (Lipinski definition) is 4. The van der Waals surface area contributed by atoms with Crippen molar-refractivity contribution in [2.24, 2.45) is 0 Å². The van der Waals surface area contributed by atoms with Crippen molar-refractivity contribution in [1.29, 1.82) is 0 Å². The van der Waals surface area contributed by atoms with Crippen LogP contribution in [-0.2, 0) is 11.3 Å². The van der Waals surface area contributed by atoms with Crippen LogP contribution in [0.25, 0.3) is 0 Å². The lowest BCUT2D eigenvalue weighted by Gasteiger charge is -2.08. The van der Waals surface area contributed by atoms with Crippen LogP contribution in [0.3, 0.4) is 0 Å². The van der Waals surface area contributed by atoms with Crippen molar-refractivity contribution >= 4 is 27.7 Å². The zero-order valence-electron chi connectivity index (χ0n) is 11.1. The van der Waals surface area contributed by atoms with Gasteiger partial charge in [-0.25, -0.2) is 9.97 Å². The van der Waals surface area contributed by atoms with Gasteiger partial charge in [-0.15, -0.1) is 0 Å². The first kappa shape index (κ1) is 14.5. The normalized spacial score (nSPS) is 10.1. The summed E-state index contributed by atoms with van der Waals surface area (Å²) >= 11 is 3.29. The molecule has 0 spiro atoms. The zero-order valence-corrected chi connectivity index (χ0v) is 12.6. The van der Waals surface area contributed by atoms with E-state index < -0.39 is 0 Å². The predicted molar refractivity (Wildman–Crippen MR) is 81.2 cm³/mol. The Kier molecular flexibility index (Phi) is 5.06. The highest BCUT2D eigenvalue weighted by molar-refractivity contribution is 9.10. The molecule has 20 heavy (non-hydrogen) atoms. The summed E-state index contributed by atoms with van der Waals surface area (Å²) in [4.78, 5) is 20.0. The average molecular weight is 335 g/mol. The number of amides is 1. The van der Waals surface area contributed by atoms with Crippen molar-refractivity contribution in [2.45, 2.75) is 13.5 Å². The van der Waals surface area contributed by atoms with Gasteiger partial charge >= 0.3 is 0 Å². The molecule has 0 unspecified atom stereocenters. The van der Waals surface area contributed by atoms with Crippen LogP contribution in [0.1, 0.15) is 11.4 Å². The van der Waals surface area contributed by atoms with Crippen molar-refractivity contribution in [2.75, 3.05) is 11.9 Å². The Bertz CT molecular complexity index is 569. The molecular formula is C14H15BrN4O. The molecule has 0 fully saturated rings. The second-order valence-electron chi connectivity index (χ2n) is 4.24. The quantitative estimate of drug-likeness (QED) is 0.823. The molecule has 5 nitrogen and oxygen atoms in total. The number of hydrogen-bond donors (Lipinski definition) is 2. The van der Waals surface area contributed by atoms with E-state index in [0.29, 0.717) is 22.8 Å². The molecule has 0 aliphatic carbocycles. The molecule has 0 saturated heterocycles. The van der Waals surface area contributed by atoms with Gasteiger partial charge in [0.15, 0.2) is 0 Å². The molecule has 1 amide bonds. The zero-order chi connectivity index (χ0) is 14.4. The third-order valence-electron chi connectivity index (χ3n) is 2.57. The van der Waals surface area contributed by atoms with Crippen LogP contribution in [0, 0.1) is 6.92 Å². The lowest BCUT2D eigenvalue weighted by Crippen LogP contribution is -2.29. The standard InChI is InChI=1S/C14H15BrN4O/c1-10-18-12(15)7-13(19-10)16-9-14(20)17-8-11-5-3-2-4-6-11/h2-7H,8-9H2,1H3,(H,17,20)(H,16,18,19). The minimum atomic E-state index is -0.0822. The SMILES string of the molecule is Cc1nc(Br)cc(NCC(=O)NCc2ccccc2)n1. The number of aryl methyl sites for hydroxylation is 1.